The number of nitro groups is 1. The van der Waals surface area contributed by atoms with Crippen LogP contribution in [0.1, 0.15) is 11.1 Å². The number of fused-ring (bicyclic) bond motifs is 1. The summed E-state index contributed by atoms with van der Waals surface area (Å²) in [6, 6.07) is 11.0. The summed E-state index contributed by atoms with van der Waals surface area (Å²) >= 11 is 12.2. The predicted octanol–water partition coefficient (Wildman–Crippen LogP) is 3.60. The van der Waals surface area contributed by atoms with Crippen LogP contribution in [0, 0.1) is 10.1 Å². The van der Waals surface area contributed by atoms with Crippen LogP contribution < -0.4 is 5.32 Å². The molecule has 0 spiro atoms. The van der Waals surface area contributed by atoms with Crippen LogP contribution in [0.2, 0.25) is 5.02 Å². The number of carbonyl (C=O) groups excluding carboxylic acids is 1. The fourth-order valence-electron chi connectivity index (χ4n) is 2.25. The number of aliphatic imine (C=N–C) groups is 1. The van der Waals surface area contributed by atoms with Crippen molar-refractivity contribution in [3.05, 3.63) is 68.7 Å². The van der Waals surface area contributed by atoms with Crippen molar-refractivity contribution in [3.63, 3.8) is 0 Å². The van der Waals surface area contributed by atoms with E-state index in [4.69, 9.17) is 23.2 Å². The van der Waals surface area contributed by atoms with Crippen LogP contribution in [0.3, 0.4) is 0 Å². The van der Waals surface area contributed by atoms with Crippen LogP contribution in [0.4, 0.5) is 11.4 Å². The summed E-state index contributed by atoms with van der Waals surface area (Å²) in [7, 11) is 0. The summed E-state index contributed by atoms with van der Waals surface area (Å²) in [6.07, 6.45) is 0. The Morgan fingerprint density at radius 1 is 1.17 bits per heavy atom. The van der Waals surface area contributed by atoms with Crippen LogP contribution in [-0.2, 0) is 4.79 Å². The molecule has 1 unspecified atom stereocenters. The topological polar surface area (TPSA) is 84.6 Å². The monoisotopic (exact) mass is 349 g/mol. The Bertz CT molecular complexity index is 852. The molecular weight excluding hydrogens is 341 g/mol. The molecule has 8 heteroatoms. The van der Waals surface area contributed by atoms with Gasteiger partial charge >= 0.3 is 0 Å². The van der Waals surface area contributed by atoms with Gasteiger partial charge in [-0.25, -0.2) is 0 Å². The molecule has 23 heavy (non-hydrogen) atoms. The number of amides is 1. The van der Waals surface area contributed by atoms with Crippen molar-refractivity contribution in [2.45, 2.75) is 5.50 Å². The Kier molecular flexibility index (Phi) is 4.02. The van der Waals surface area contributed by atoms with Crippen molar-refractivity contribution in [3.8, 4) is 0 Å². The second-order valence-electron chi connectivity index (χ2n) is 4.77. The minimum Gasteiger partial charge on any atom is -0.322 e. The number of hydrogen-bond donors (Lipinski definition) is 1. The fourth-order valence-corrected chi connectivity index (χ4v) is 2.63. The molecule has 0 radical (unpaired) electrons. The van der Waals surface area contributed by atoms with Gasteiger partial charge in [0.05, 0.1) is 16.3 Å². The van der Waals surface area contributed by atoms with E-state index in [1.807, 2.05) is 0 Å². The number of nitrogens with one attached hydrogen (secondary N) is 1. The first-order valence-corrected chi connectivity index (χ1v) is 7.35. The van der Waals surface area contributed by atoms with Crippen LogP contribution in [-0.4, -0.2) is 22.0 Å². The first kappa shape index (κ1) is 15.5. The maximum atomic E-state index is 11.9. The van der Waals surface area contributed by atoms with E-state index in [1.54, 1.807) is 24.3 Å². The molecule has 116 valence electrons. The number of benzodiazepines with no additional fused rings is 1. The zero-order valence-electron chi connectivity index (χ0n) is 11.5. The van der Waals surface area contributed by atoms with Gasteiger partial charge < -0.3 is 5.32 Å². The third-order valence-electron chi connectivity index (χ3n) is 3.31. The van der Waals surface area contributed by atoms with Crippen molar-refractivity contribution in [1.82, 2.24) is 0 Å². The molecule has 3 rings (SSSR count). The average molecular weight is 350 g/mol. The average Bonchev–Trinajstić information content (AvgIpc) is 2.64. The van der Waals surface area contributed by atoms with Crippen molar-refractivity contribution < 1.29 is 9.72 Å². The number of alkyl halides is 1. The van der Waals surface area contributed by atoms with E-state index in [2.05, 4.69) is 10.3 Å². The smallest absolute Gasteiger partial charge is 0.270 e. The maximum Gasteiger partial charge on any atom is 0.270 e. The van der Waals surface area contributed by atoms with Gasteiger partial charge in [-0.3, -0.25) is 19.9 Å². The van der Waals surface area contributed by atoms with Gasteiger partial charge in [-0.1, -0.05) is 41.4 Å². The van der Waals surface area contributed by atoms with E-state index >= 15 is 0 Å². The molecule has 1 heterocycles. The van der Waals surface area contributed by atoms with Gasteiger partial charge in [0.1, 0.15) is 0 Å². The summed E-state index contributed by atoms with van der Waals surface area (Å²) in [5.74, 6) is -0.510. The third-order valence-corrected chi connectivity index (χ3v) is 3.94. The summed E-state index contributed by atoms with van der Waals surface area (Å²) in [6.45, 7) is 0. The van der Waals surface area contributed by atoms with Gasteiger partial charge in [0.2, 0.25) is 5.50 Å². The number of carbonyl (C=O) groups is 1. The first-order chi connectivity index (χ1) is 11.0. The molecule has 1 aliphatic rings. The number of benzene rings is 2. The number of anilines is 1. The standard InChI is InChI=1S/C15H9Cl2N3O3/c16-11-4-2-1-3-9(11)13-10-7-8(20(22)23)5-6-12(10)18-15(21)14(17)19-13/h1-7,14H,(H,18,21). The molecule has 0 fully saturated rings. The van der Waals surface area contributed by atoms with Crippen LogP contribution in [0.15, 0.2) is 47.5 Å². The Balaban J connectivity index is 2.27. The van der Waals surface area contributed by atoms with Gasteiger partial charge in [-0.2, -0.15) is 0 Å². The second kappa shape index (κ2) is 5.98. The zero-order chi connectivity index (χ0) is 16.6. The number of hydrogen-bond acceptors (Lipinski definition) is 4. The lowest BCUT2D eigenvalue weighted by Gasteiger charge is -2.10. The van der Waals surface area contributed by atoms with Crippen molar-refractivity contribution >= 4 is 46.2 Å². The number of rotatable bonds is 2. The predicted molar refractivity (Wildman–Crippen MR) is 88.5 cm³/mol. The summed E-state index contributed by atoms with van der Waals surface area (Å²) in [5.41, 5.74) is 0.371. The number of nitrogens with zero attached hydrogens (tertiary/aromatic N) is 2. The Hall–Kier alpha value is -2.44. The van der Waals surface area contributed by atoms with Crippen molar-refractivity contribution in [2.24, 2.45) is 4.99 Å². The van der Waals surface area contributed by atoms with E-state index < -0.39 is 16.3 Å². The van der Waals surface area contributed by atoms with Gasteiger partial charge in [-0.15, -0.1) is 0 Å². The SMILES string of the molecule is O=C1Nc2ccc([N+](=O)[O-])cc2C(c2ccccc2Cl)=NC1Cl. The minimum atomic E-state index is -1.16. The highest BCUT2D eigenvalue weighted by molar-refractivity contribution is 6.38. The highest BCUT2D eigenvalue weighted by Gasteiger charge is 2.26. The molecule has 1 aliphatic heterocycles. The molecular formula is C15H9Cl2N3O3. The summed E-state index contributed by atoms with van der Waals surface area (Å²) in [5, 5.41) is 14.0. The molecule has 1 atom stereocenters. The van der Waals surface area contributed by atoms with Crippen LogP contribution in [0.25, 0.3) is 0 Å². The first-order valence-electron chi connectivity index (χ1n) is 6.54. The summed E-state index contributed by atoms with van der Waals surface area (Å²) in [4.78, 5) is 26.7. The van der Waals surface area contributed by atoms with Gasteiger partial charge in [0.25, 0.3) is 11.6 Å². The van der Waals surface area contributed by atoms with E-state index in [0.29, 0.717) is 27.5 Å². The fraction of sp³-hybridized carbons (Fsp3) is 0.0667. The zero-order valence-corrected chi connectivity index (χ0v) is 13.0. The van der Waals surface area contributed by atoms with Crippen molar-refractivity contribution in [2.75, 3.05) is 5.32 Å². The number of non-ortho nitro benzene ring substituents is 1. The molecule has 0 saturated heterocycles. The Labute approximate surface area is 140 Å². The molecule has 1 N–H and O–H groups in total. The van der Waals surface area contributed by atoms with E-state index in [1.165, 1.54) is 18.2 Å². The molecule has 0 bridgehead atoms. The number of nitro benzene ring substituents is 1. The third kappa shape index (κ3) is 2.91. The van der Waals surface area contributed by atoms with E-state index in [9.17, 15) is 14.9 Å². The van der Waals surface area contributed by atoms with Gasteiger partial charge in [-0.05, 0) is 12.1 Å². The van der Waals surface area contributed by atoms with Crippen LogP contribution >= 0.6 is 23.2 Å². The maximum absolute atomic E-state index is 11.9. The van der Waals surface area contributed by atoms with E-state index in [0.717, 1.165) is 0 Å². The highest BCUT2D eigenvalue weighted by Crippen LogP contribution is 2.30. The molecule has 1 amide bonds. The van der Waals surface area contributed by atoms with E-state index in [-0.39, 0.29) is 5.69 Å². The molecule has 2 aromatic carbocycles. The lowest BCUT2D eigenvalue weighted by molar-refractivity contribution is -0.384. The molecule has 0 aliphatic carbocycles. The lowest BCUT2D eigenvalue weighted by atomic mass is 10.00. The molecule has 6 nitrogen and oxygen atoms in total. The van der Waals surface area contributed by atoms with Crippen molar-refractivity contribution in [1.29, 1.82) is 0 Å². The summed E-state index contributed by atoms with van der Waals surface area (Å²) < 4.78 is 0. The largest absolute Gasteiger partial charge is 0.322 e. The Morgan fingerprint density at radius 3 is 2.61 bits per heavy atom. The Morgan fingerprint density at radius 2 is 1.91 bits per heavy atom. The van der Waals surface area contributed by atoms with Crippen LogP contribution in [0.5, 0.6) is 0 Å². The molecule has 2 aromatic rings. The normalized spacial score (nSPS) is 16.9. The highest BCUT2D eigenvalue weighted by atomic mass is 35.5. The lowest BCUT2D eigenvalue weighted by Crippen LogP contribution is -2.20. The number of halogens is 2. The molecule has 0 saturated carbocycles. The second-order valence-corrected chi connectivity index (χ2v) is 5.59. The van der Waals surface area contributed by atoms with Gasteiger partial charge in [0, 0.05) is 28.3 Å². The molecule has 0 aromatic heterocycles. The minimum absolute atomic E-state index is 0.120. The van der Waals surface area contributed by atoms with Gasteiger partial charge in [0.15, 0.2) is 0 Å². The quantitative estimate of drug-likeness (QED) is 0.389.